The lowest BCUT2D eigenvalue weighted by Crippen LogP contribution is -2.48. The Morgan fingerprint density at radius 2 is 1.70 bits per heavy atom. The lowest BCUT2D eigenvalue weighted by molar-refractivity contribution is 0.0705. The maximum Gasteiger partial charge on any atom is 0.170 e. The third-order valence-corrected chi connectivity index (χ3v) is 9.41. The van der Waals surface area contributed by atoms with Crippen molar-refractivity contribution in [3.8, 4) is 0 Å². The highest BCUT2D eigenvalue weighted by molar-refractivity contribution is 5.65. The molecule has 1 heterocycles. The predicted octanol–water partition coefficient (Wildman–Crippen LogP) is 7.18. The smallest absolute Gasteiger partial charge is 0.170 e. The molecule has 2 heteroatoms. The van der Waals surface area contributed by atoms with Crippen molar-refractivity contribution in [3.05, 3.63) is 87.4 Å². The molecule has 1 aliphatic heterocycles. The van der Waals surface area contributed by atoms with E-state index in [1.165, 1.54) is 87.6 Å². The van der Waals surface area contributed by atoms with Crippen molar-refractivity contribution >= 4 is 6.08 Å². The van der Waals surface area contributed by atoms with Crippen LogP contribution < -0.4 is 0 Å². The summed E-state index contributed by atoms with van der Waals surface area (Å²) in [6.07, 6.45) is 15.4. The number of aryl methyl sites for hydroxylation is 1. The van der Waals surface area contributed by atoms with Gasteiger partial charge in [0.1, 0.15) is 0 Å². The van der Waals surface area contributed by atoms with E-state index in [0.29, 0.717) is 5.41 Å². The molecule has 2 fully saturated rings. The molecule has 2 aromatic rings. The van der Waals surface area contributed by atoms with Gasteiger partial charge in [-0.3, -0.25) is 4.90 Å². The van der Waals surface area contributed by atoms with Gasteiger partial charge in [-0.2, -0.15) is 0 Å². The third-order valence-electron chi connectivity index (χ3n) is 9.41. The fraction of sp³-hybridized carbons (Fsp3) is 0.516. The first-order chi connectivity index (χ1) is 16.3. The van der Waals surface area contributed by atoms with Crippen LogP contribution in [0.2, 0.25) is 0 Å². The van der Waals surface area contributed by atoms with Crippen LogP contribution in [-0.4, -0.2) is 18.0 Å². The van der Waals surface area contributed by atoms with Gasteiger partial charge in [-0.25, -0.2) is 4.85 Å². The summed E-state index contributed by atoms with van der Waals surface area (Å²) in [7, 11) is 0. The Hall–Kier alpha value is -2.37. The summed E-state index contributed by atoms with van der Waals surface area (Å²) in [5.41, 5.74) is 8.71. The first kappa shape index (κ1) is 21.2. The molecule has 6 rings (SSSR count). The summed E-state index contributed by atoms with van der Waals surface area (Å²) >= 11 is 0. The maximum absolute atomic E-state index is 7.31. The van der Waals surface area contributed by atoms with Gasteiger partial charge in [0.25, 0.3) is 0 Å². The number of piperidine rings is 1. The van der Waals surface area contributed by atoms with Crippen molar-refractivity contribution in [2.45, 2.75) is 76.2 Å². The monoisotopic (exact) mass is 436 g/mol. The van der Waals surface area contributed by atoms with Crippen LogP contribution in [0.1, 0.15) is 79.2 Å². The van der Waals surface area contributed by atoms with Crippen molar-refractivity contribution in [1.82, 2.24) is 4.90 Å². The summed E-state index contributed by atoms with van der Waals surface area (Å²) in [4.78, 5) is 6.34. The molecule has 1 saturated heterocycles. The lowest BCUT2D eigenvalue weighted by atomic mass is 9.54. The SMILES string of the molecule is [C-]#[N+]C1=Cc2cc(CN3CCC(C4(C5CCCC5)CCCc5ccccc54)CC3)ccc2C1. The molecular formula is C31H36N2. The van der Waals surface area contributed by atoms with Crippen LogP contribution in [0.5, 0.6) is 0 Å². The van der Waals surface area contributed by atoms with Crippen LogP contribution in [-0.2, 0) is 24.8 Å². The lowest BCUT2D eigenvalue weighted by Gasteiger charge is -2.52. The van der Waals surface area contributed by atoms with E-state index in [2.05, 4.69) is 58.3 Å². The summed E-state index contributed by atoms with van der Waals surface area (Å²) in [6.45, 7) is 10.8. The van der Waals surface area contributed by atoms with E-state index in [4.69, 9.17) is 6.57 Å². The van der Waals surface area contributed by atoms with E-state index in [1.54, 1.807) is 11.1 Å². The molecule has 33 heavy (non-hydrogen) atoms. The fourth-order valence-electron chi connectivity index (χ4n) is 7.92. The van der Waals surface area contributed by atoms with Gasteiger partial charge < -0.3 is 0 Å². The van der Waals surface area contributed by atoms with Gasteiger partial charge in [0.15, 0.2) is 5.70 Å². The fourth-order valence-corrected chi connectivity index (χ4v) is 7.92. The highest BCUT2D eigenvalue weighted by Gasteiger charge is 2.49. The Labute approximate surface area is 199 Å². The highest BCUT2D eigenvalue weighted by Crippen LogP contribution is 2.55. The Kier molecular flexibility index (Phi) is 5.63. The van der Waals surface area contributed by atoms with E-state index in [1.807, 2.05) is 0 Å². The van der Waals surface area contributed by atoms with Gasteiger partial charge in [0.2, 0.25) is 0 Å². The van der Waals surface area contributed by atoms with Crippen LogP contribution in [0.3, 0.4) is 0 Å². The number of rotatable bonds is 4. The Balaban J connectivity index is 1.19. The summed E-state index contributed by atoms with van der Waals surface area (Å²) in [5, 5.41) is 0. The van der Waals surface area contributed by atoms with Crippen molar-refractivity contribution < 1.29 is 0 Å². The molecule has 0 N–H and O–H groups in total. The van der Waals surface area contributed by atoms with E-state index < -0.39 is 0 Å². The second-order valence-electron chi connectivity index (χ2n) is 11.0. The molecule has 1 saturated carbocycles. The van der Waals surface area contributed by atoms with Crippen LogP contribution in [0.4, 0.5) is 0 Å². The molecule has 1 atom stereocenters. The molecule has 0 amide bonds. The Morgan fingerprint density at radius 3 is 2.52 bits per heavy atom. The number of fused-ring (bicyclic) bond motifs is 2. The number of hydrogen-bond donors (Lipinski definition) is 0. The minimum atomic E-state index is 0.436. The standard InChI is InChI=1S/C31H36N2/c1-32-29-20-25-13-12-23(19-26(25)21-29)22-33-17-14-28(15-18-33)31(27-9-3-4-10-27)16-6-8-24-7-2-5-11-30(24)31/h2,5,7,11-13,19,21,27-28H,3-4,6,8-10,14-18,20,22H2. The first-order valence-electron chi connectivity index (χ1n) is 13.3. The summed E-state index contributed by atoms with van der Waals surface area (Å²) in [6, 6.07) is 16.4. The minimum Gasteiger partial charge on any atom is -0.299 e. The van der Waals surface area contributed by atoms with Crippen LogP contribution in [0.25, 0.3) is 10.9 Å². The van der Waals surface area contributed by atoms with E-state index in [0.717, 1.165) is 30.5 Å². The molecule has 3 aliphatic carbocycles. The minimum absolute atomic E-state index is 0.436. The van der Waals surface area contributed by atoms with Crippen LogP contribution in [0.15, 0.2) is 48.2 Å². The van der Waals surface area contributed by atoms with Gasteiger partial charge in [0.05, 0.1) is 6.57 Å². The van der Waals surface area contributed by atoms with Crippen molar-refractivity contribution in [1.29, 1.82) is 0 Å². The second kappa shape index (κ2) is 8.77. The van der Waals surface area contributed by atoms with Crippen molar-refractivity contribution in [2.24, 2.45) is 11.8 Å². The van der Waals surface area contributed by atoms with Gasteiger partial charge in [0, 0.05) is 18.4 Å². The molecule has 0 aromatic heterocycles. The van der Waals surface area contributed by atoms with E-state index in [-0.39, 0.29) is 0 Å². The maximum atomic E-state index is 7.31. The zero-order chi connectivity index (χ0) is 22.3. The molecule has 0 bridgehead atoms. The van der Waals surface area contributed by atoms with E-state index in [9.17, 15) is 0 Å². The van der Waals surface area contributed by atoms with Crippen LogP contribution in [0, 0.1) is 18.4 Å². The normalized spacial score (nSPS) is 26.0. The average molecular weight is 437 g/mol. The molecule has 2 aromatic carbocycles. The average Bonchev–Trinajstić information content (AvgIpc) is 3.54. The zero-order valence-electron chi connectivity index (χ0n) is 19.9. The molecular weight excluding hydrogens is 400 g/mol. The Bertz CT molecular complexity index is 1090. The Morgan fingerprint density at radius 1 is 0.909 bits per heavy atom. The summed E-state index contributed by atoms with van der Waals surface area (Å²) < 4.78 is 0. The zero-order valence-corrected chi connectivity index (χ0v) is 19.9. The molecule has 0 radical (unpaired) electrons. The van der Waals surface area contributed by atoms with Crippen molar-refractivity contribution in [2.75, 3.05) is 13.1 Å². The number of benzene rings is 2. The molecule has 0 spiro atoms. The predicted molar refractivity (Wildman–Crippen MR) is 136 cm³/mol. The summed E-state index contributed by atoms with van der Waals surface area (Å²) in [5.74, 6) is 1.73. The van der Waals surface area contributed by atoms with Gasteiger partial charge in [-0.15, -0.1) is 0 Å². The number of hydrogen-bond acceptors (Lipinski definition) is 1. The van der Waals surface area contributed by atoms with Gasteiger partial charge in [-0.1, -0.05) is 61.4 Å². The second-order valence-corrected chi connectivity index (χ2v) is 11.0. The third kappa shape index (κ3) is 3.75. The molecule has 2 nitrogen and oxygen atoms in total. The van der Waals surface area contributed by atoms with E-state index >= 15 is 0 Å². The molecule has 1 unspecified atom stereocenters. The molecule has 4 aliphatic rings. The molecule has 170 valence electrons. The van der Waals surface area contributed by atoms with Gasteiger partial charge in [-0.05, 0) is 97.7 Å². The largest absolute Gasteiger partial charge is 0.299 e. The van der Waals surface area contributed by atoms with Crippen molar-refractivity contribution in [3.63, 3.8) is 0 Å². The van der Waals surface area contributed by atoms with Gasteiger partial charge >= 0.3 is 0 Å². The highest BCUT2D eigenvalue weighted by atomic mass is 15.1. The first-order valence-corrected chi connectivity index (χ1v) is 13.3. The number of likely N-dealkylation sites (tertiary alicyclic amines) is 1. The van der Waals surface area contributed by atoms with Crippen LogP contribution >= 0.6 is 0 Å². The number of nitrogens with zero attached hydrogens (tertiary/aromatic N) is 2. The number of allylic oxidation sites excluding steroid dienone is 1. The topological polar surface area (TPSA) is 7.60 Å². The quantitative estimate of drug-likeness (QED) is 0.461.